The number of hydrogen-bond donors (Lipinski definition) is 0. The first-order valence-electron chi connectivity index (χ1n) is 20.3. The van der Waals surface area contributed by atoms with Crippen LogP contribution >= 0.6 is 0 Å². The minimum absolute atomic E-state index is 0.203. The summed E-state index contributed by atoms with van der Waals surface area (Å²) in [6.45, 7) is 20.1. The first kappa shape index (κ1) is 38.3. The minimum atomic E-state index is 0.203. The molecular weight excluding hydrogens is 716 g/mol. The molecule has 0 radical (unpaired) electrons. The average molecular weight is 776 g/mol. The van der Waals surface area contributed by atoms with E-state index in [9.17, 15) is 0 Å². The normalized spacial score (nSPS) is 24.5. The van der Waals surface area contributed by atoms with Gasteiger partial charge in [0.15, 0.2) is 0 Å². The van der Waals surface area contributed by atoms with Crippen LogP contribution in [0.25, 0.3) is 21.5 Å². The molecule has 0 nitrogen and oxygen atoms in total. The SMILES string of the molecule is CC(C)(C)c1ccc2c(c1)[cH-]c1cc(C(C)(C)C)ccc12.CC1[C-]=CC(C2C3CC4CC(C3)CC2C4)=C1.Cc1ccc([C](=[Zr+2])c2ccc(C)cc2)cc1. The molecule has 0 amide bonds. The molecule has 5 aromatic carbocycles. The molecule has 0 aromatic heterocycles. The predicted octanol–water partition coefficient (Wildman–Crippen LogP) is 13.7. The van der Waals surface area contributed by atoms with E-state index < -0.39 is 0 Å². The Labute approximate surface area is 335 Å². The summed E-state index contributed by atoms with van der Waals surface area (Å²) in [7, 11) is 0. The molecule has 0 heterocycles. The Morgan fingerprint density at radius 1 is 0.623 bits per heavy atom. The van der Waals surface area contributed by atoms with Crippen molar-refractivity contribution in [2.75, 3.05) is 0 Å². The van der Waals surface area contributed by atoms with Gasteiger partial charge in [-0.15, -0.1) is 39.7 Å². The van der Waals surface area contributed by atoms with Gasteiger partial charge in [0.2, 0.25) is 0 Å². The summed E-state index contributed by atoms with van der Waals surface area (Å²) in [5.41, 5.74) is 10.2. The first-order chi connectivity index (χ1) is 25.1. The summed E-state index contributed by atoms with van der Waals surface area (Å²) in [5, 5.41) is 5.48. The fraction of sp³-hybridized carbons (Fsp3) is 0.423. The van der Waals surface area contributed by atoms with Crippen LogP contribution in [0.15, 0.2) is 109 Å². The number of rotatable bonds is 3. The summed E-state index contributed by atoms with van der Waals surface area (Å²) in [5.74, 6) is 5.77. The number of hydrogen-bond acceptors (Lipinski definition) is 0. The Hall–Kier alpha value is -3.02. The Kier molecular flexibility index (Phi) is 11.0. The van der Waals surface area contributed by atoms with Crippen molar-refractivity contribution in [1.82, 2.24) is 0 Å². The molecule has 53 heavy (non-hydrogen) atoms. The van der Waals surface area contributed by atoms with Gasteiger partial charge < -0.3 is 0 Å². The number of fused-ring (bicyclic) bond motifs is 3. The van der Waals surface area contributed by atoms with Crippen LogP contribution in [0.4, 0.5) is 0 Å². The summed E-state index contributed by atoms with van der Waals surface area (Å²) in [4.78, 5) is 0. The van der Waals surface area contributed by atoms with Crippen LogP contribution in [0.3, 0.4) is 0 Å². The molecule has 5 aliphatic rings. The van der Waals surface area contributed by atoms with E-state index in [1.807, 2.05) is 0 Å². The van der Waals surface area contributed by atoms with Crippen molar-refractivity contribution in [3.8, 4) is 0 Å². The first-order valence-corrected chi connectivity index (χ1v) is 21.5. The van der Waals surface area contributed by atoms with E-state index in [0.29, 0.717) is 5.92 Å². The van der Waals surface area contributed by atoms with Crippen LogP contribution in [0.2, 0.25) is 0 Å². The monoisotopic (exact) mass is 774 g/mol. The molecule has 10 rings (SSSR count). The van der Waals surface area contributed by atoms with E-state index in [1.165, 1.54) is 108 Å². The third kappa shape index (κ3) is 8.62. The van der Waals surface area contributed by atoms with Crippen LogP contribution in [0, 0.1) is 55.4 Å². The van der Waals surface area contributed by atoms with Crippen LogP contribution < -0.4 is 0 Å². The van der Waals surface area contributed by atoms with Gasteiger partial charge in [-0.3, -0.25) is 6.08 Å². The van der Waals surface area contributed by atoms with Crippen molar-refractivity contribution in [3.05, 3.63) is 148 Å². The average Bonchev–Trinajstić information content (AvgIpc) is 3.70. The van der Waals surface area contributed by atoms with Crippen molar-refractivity contribution in [2.24, 2.45) is 35.5 Å². The topological polar surface area (TPSA) is 0 Å². The molecule has 4 bridgehead atoms. The van der Waals surface area contributed by atoms with Gasteiger partial charge in [0.05, 0.1) is 0 Å². The van der Waals surface area contributed by atoms with Crippen LogP contribution in [-0.4, -0.2) is 3.21 Å². The Morgan fingerprint density at radius 3 is 1.43 bits per heavy atom. The zero-order chi connectivity index (χ0) is 37.7. The molecule has 1 heteroatoms. The van der Waals surface area contributed by atoms with Gasteiger partial charge in [0.25, 0.3) is 0 Å². The Morgan fingerprint density at radius 2 is 1.06 bits per heavy atom. The second-order valence-electron chi connectivity index (χ2n) is 19.1. The molecule has 5 aromatic rings. The van der Waals surface area contributed by atoms with Crippen molar-refractivity contribution >= 4 is 24.8 Å². The van der Waals surface area contributed by atoms with E-state index in [2.05, 4.69) is 172 Å². The standard InChI is InChI=1S/C21H25.C16H21.C15H14.Zr/c1-20(2,3)16-7-9-18-14(12-16)11-15-13-17(21(4,5)6)8-10-19(15)18;1-10-2-3-13(4-10)16-14-6-11-5-12(8-14)9-15(16)7-11;1-12-3-7-14(8-4-12)11-15-9-5-13(2)6-10-15;/h7-13H,1-6H3;3-4,10-12,14-16H,5-9H2,1H3;3-10H,1-2H3;/q2*-1;;+2. The molecule has 5 aliphatic carbocycles. The summed E-state index contributed by atoms with van der Waals surface area (Å²) < 4.78 is 1.42. The summed E-state index contributed by atoms with van der Waals surface area (Å²) in [6, 6.07) is 33.7. The summed E-state index contributed by atoms with van der Waals surface area (Å²) in [6.07, 6.45) is 16.0. The van der Waals surface area contributed by atoms with Gasteiger partial charge in [-0.25, -0.2) is 6.08 Å². The molecule has 0 aliphatic heterocycles. The second kappa shape index (κ2) is 15.3. The van der Waals surface area contributed by atoms with Crippen molar-refractivity contribution < 1.29 is 24.2 Å². The zero-order valence-electron chi connectivity index (χ0n) is 33.8. The number of benzene rings is 4. The van der Waals surface area contributed by atoms with Crippen LogP contribution in [-0.2, 0) is 35.1 Å². The van der Waals surface area contributed by atoms with Crippen molar-refractivity contribution in [3.63, 3.8) is 0 Å². The van der Waals surface area contributed by atoms with E-state index in [0.717, 1.165) is 29.6 Å². The van der Waals surface area contributed by atoms with Gasteiger partial charge in [-0.05, 0) is 66.6 Å². The maximum absolute atomic E-state index is 3.46. The number of aryl methyl sites for hydroxylation is 2. The molecule has 1 unspecified atom stereocenters. The van der Waals surface area contributed by atoms with E-state index in [-0.39, 0.29) is 10.8 Å². The Bertz CT molecular complexity index is 1990. The van der Waals surface area contributed by atoms with Gasteiger partial charge in [0, 0.05) is 0 Å². The fourth-order valence-corrected chi connectivity index (χ4v) is 10.7. The molecule has 0 spiro atoms. The van der Waals surface area contributed by atoms with Gasteiger partial charge in [0.1, 0.15) is 0 Å². The van der Waals surface area contributed by atoms with Gasteiger partial charge in [-0.2, -0.15) is 11.6 Å². The van der Waals surface area contributed by atoms with Crippen LogP contribution in [0.1, 0.15) is 114 Å². The quantitative estimate of drug-likeness (QED) is 0.160. The second-order valence-corrected chi connectivity index (χ2v) is 20.3. The Balaban J connectivity index is 0.000000125. The maximum atomic E-state index is 3.46. The van der Waals surface area contributed by atoms with Gasteiger partial charge >= 0.3 is 112 Å². The number of allylic oxidation sites excluding steroid dienone is 4. The molecular formula is C52H60Zr. The van der Waals surface area contributed by atoms with Crippen molar-refractivity contribution in [1.29, 1.82) is 0 Å². The van der Waals surface area contributed by atoms with E-state index in [1.54, 1.807) is 12.0 Å². The molecule has 4 saturated carbocycles. The van der Waals surface area contributed by atoms with E-state index in [4.69, 9.17) is 0 Å². The molecule has 4 fully saturated rings. The van der Waals surface area contributed by atoms with Crippen LogP contribution in [0.5, 0.6) is 0 Å². The molecule has 0 N–H and O–H groups in total. The fourth-order valence-electron chi connectivity index (χ4n) is 9.85. The predicted molar refractivity (Wildman–Crippen MR) is 226 cm³/mol. The van der Waals surface area contributed by atoms with E-state index >= 15 is 0 Å². The third-order valence-electron chi connectivity index (χ3n) is 12.7. The van der Waals surface area contributed by atoms with Crippen molar-refractivity contribution in [2.45, 2.75) is 105 Å². The third-order valence-corrected chi connectivity index (χ3v) is 14.1. The van der Waals surface area contributed by atoms with Gasteiger partial charge in [-0.1, -0.05) is 95.7 Å². The molecule has 0 saturated heterocycles. The molecule has 1 atom stereocenters. The summed E-state index contributed by atoms with van der Waals surface area (Å²) >= 11 is 1.46. The molecule has 272 valence electrons. The zero-order valence-corrected chi connectivity index (χ0v) is 36.3.